The predicted octanol–water partition coefficient (Wildman–Crippen LogP) is 4.36. The Kier molecular flexibility index (Phi) is 3.97. The molecule has 26 heavy (non-hydrogen) atoms. The molecule has 1 saturated heterocycles. The van der Waals surface area contributed by atoms with Gasteiger partial charge >= 0.3 is 0 Å². The molecule has 3 aromatic heterocycles. The molecule has 5 heterocycles. The number of nitrogens with one attached hydrogen (secondary N) is 1. The molecule has 2 aliphatic heterocycles. The smallest absolute Gasteiger partial charge is 0.128 e. The highest BCUT2D eigenvalue weighted by Crippen LogP contribution is 2.46. The van der Waals surface area contributed by atoms with Crippen LogP contribution in [0.15, 0.2) is 60.0 Å². The molecule has 1 N–H and O–H groups in total. The summed E-state index contributed by atoms with van der Waals surface area (Å²) in [5.74, 6) is 1.09. The van der Waals surface area contributed by atoms with Gasteiger partial charge in [-0.2, -0.15) is 0 Å². The van der Waals surface area contributed by atoms with Crippen molar-refractivity contribution in [1.29, 1.82) is 0 Å². The molecule has 1 fully saturated rings. The van der Waals surface area contributed by atoms with Gasteiger partial charge in [-0.3, -0.25) is 9.97 Å². The third-order valence-electron chi connectivity index (χ3n) is 4.86. The number of thioether (sulfide) groups is 1. The van der Waals surface area contributed by atoms with Crippen LogP contribution in [0.3, 0.4) is 0 Å². The average molecular weight is 361 g/mol. The zero-order chi connectivity index (χ0) is 17.3. The van der Waals surface area contributed by atoms with Gasteiger partial charge in [0.15, 0.2) is 0 Å². The third kappa shape index (κ3) is 2.90. The molecular weight excluding hydrogens is 342 g/mol. The molecular formula is C20H19N5S. The maximum absolute atomic E-state index is 4.68. The number of nitrogens with zero attached hydrogens (tertiary/aromatic N) is 4. The summed E-state index contributed by atoms with van der Waals surface area (Å²) in [6.45, 7) is 2.24. The second kappa shape index (κ2) is 6.61. The Labute approximate surface area is 156 Å². The molecule has 5 rings (SSSR count). The fourth-order valence-electron chi connectivity index (χ4n) is 3.46. The highest BCUT2D eigenvalue weighted by atomic mass is 32.2. The largest absolute Gasteiger partial charge is 0.368 e. The maximum Gasteiger partial charge on any atom is 0.128 e. The molecule has 130 valence electrons. The van der Waals surface area contributed by atoms with Gasteiger partial charge < -0.3 is 10.2 Å². The highest BCUT2D eigenvalue weighted by Gasteiger charge is 2.24. The summed E-state index contributed by atoms with van der Waals surface area (Å²) in [5, 5.41) is 3.78. The van der Waals surface area contributed by atoms with Crippen molar-refractivity contribution in [3.05, 3.63) is 60.7 Å². The van der Waals surface area contributed by atoms with Crippen molar-refractivity contribution in [1.82, 2.24) is 15.0 Å². The number of hydrogen-bond donors (Lipinski definition) is 1. The topological polar surface area (TPSA) is 53.9 Å². The van der Waals surface area contributed by atoms with Gasteiger partial charge in [-0.1, -0.05) is 17.8 Å². The minimum atomic E-state index is 0.177. The molecule has 0 bridgehead atoms. The molecule has 0 amide bonds. The summed E-state index contributed by atoms with van der Waals surface area (Å²) in [7, 11) is 0. The van der Waals surface area contributed by atoms with E-state index in [1.54, 1.807) is 18.0 Å². The van der Waals surface area contributed by atoms with Gasteiger partial charge in [0.1, 0.15) is 11.2 Å². The summed E-state index contributed by atoms with van der Waals surface area (Å²) in [6, 6.07) is 10.4. The Balaban J connectivity index is 1.35. The lowest BCUT2D eigenvalue weighted by molar-refractivity contribution is 0.931. The van der Waals surface area contributed by atoms with Crippen molar-refractivity contribution < 1.29 is 0 Å². The van der Waals surface area contributed by atoms with Gasteiger partial charge in [-0.15, -0.1) is 0 Å². The summed E-state index contributed by atoms with van der Waals surface area (Å²) in [4.78, 5) is 17.0. The van der Waals surface area contributed by atoms with Crippen LogP contribution >= 0.6 is 11.8 Å². The zero-order valence-electron chi connectivity index (χ0n) is 14.3. The molecule has 0 aliphatic carbocycles. The van der Waals surface area contributed by atoms with E-state index in [9.17, 15) is 0 Å². The first-order valence-electron chi connectivity index (χ1n) is 8.91. The van der Waals surface area contributed by atoms with E-state index in [-0.39, 0.29) is 5.37 Å². The Morgan fingerprint density at radius 3 is 2.73 bits per heavy atom. The molecule has 5 nitrogen and oxygen atoms in total. The Bertz CT molecular complexity index is 907. The van der Waals surface area contributed by atoms with E-state index in [4.69, 9.17) is 0 Å². The van der Waals surface area contributed by atoms with Gasteiger partial charge in [0.2, 0.25) is 0 Å². The minimum Gasteiger partial charge on any atom is -0.368 e. The Morgan fingerprint density at radius 2 is 1.96 bits per heavy atom. The molecule has 6 heteroatoms. The second-order valence-electron chi connectivity index (χ2n) is 6.59. The Morgan fingerprint density at radius 1 is 1.04 bits per heavy atom. The van der Waals surface area contributed by atoms with Crippen molar-refractivity contribution >= 4 is 23.3 Å². The van der Waals surface area contributed by atoms with Crippen molar-refractivity contribution in [3.63, 3.8) is 0 Å². The van der Waals surface area contributed by atoms with Crippen molar-refractivity contribution in [3.8, 4) is 11.3 Å². The van der Waals surface area contributed by atoms with E-state index >= 15 is 0 Å². The number of rotatable bonds is 3. The minimum absolute atomic E-state index is 0.177. The number of anilines is 2. The second-order valence-corrected chi connectivity index (χ2v) is 7.74. The van der Waals surface area contributed by atoms with Gasteiger partial charge in [-0.25, -0.2) is 4.98 Å². The number of fused-ring (bicyclic) bond motifs is 1. The van der Waals surface area contributed by atoms with E-state index < -0.39 is 0 Å². The van der Waals surface area contributed by atoms with Crippen LogP contribution in [0.5, 0.6) is 0 Å². The first kappa shape index (κ1) is 15.6. The molecule has 1 atom stereocenters. The van der Waals surface area contributed by atoms with Gasteiger partial charge in [0.25, 0.3) is 0 Å². The lowest BCUT2D eigenvalue weighted by Crippen LogP contribution is -2.18. The van der Waals surface area contributed by atoms with Crippen LogP contribution in [0.25, 0.3) is 11.3 Å². The van der Waals surface area contributed by atoms with Crippen LogP contribution in [0.1, 0.15) is 23.8 Å². The van der Waals surface area contributed by atoms with E-state index in [1.165, 1.54) is 23.3 Å². The monoisotopic (exact) mass is 361 g/mol. The lowest BCUT2D eigenvalue weighted by Gasteiger charge is -2.17. The number of pyridine rings is 3. The van der Waals surface area contributed by atoms with Crippen LogP contribution < -0.4 is 10.2 Å². The zero-order valence-corrected chi connectivity index (χ0v) is 15.1. The summed E-state index contributed by atoms with van der Waals surface area (Å²) in [6.07, 6.45) is 10.1. The normalized spacial score (nSPS) is 18.6. The van der Waals surface area contributed by atoms with Gasteiger partial charge in [0, 0.05) is 49.0 Å². The summed E-state index contributed by atoms with van der Waals surface area (Å²) >= 11 is 1.79. The first-order valence-corrected chi connectivity index (χ1v) is 9.79. The van der Waals surface area contributed by atoms with E-state index in [0.29, 0.717) is 0 Å². The molecule has 0 saturated carbocycles. The molecule has 0 radical (unpaired) electrons. The predicted molar refractivity (Wildman–Crippen MR) is 105 cm³/mol. The van der Waals surface area contributed by atoms with E-state index in [1.807, 2.05) is 30.7 Å². The van der Waals surface area contributed by atoms with Crippen molar-refractivity contribution in [2.45, 2.75) is 23.1 Å². The Hall–Kier alpha value is -2.60. The van der Waals surface area contributed by atoms with Gasteiger partial charge in [0.05, 0.1) is 16.3 Å². The van der Waals surface area contributed by atoms with Gasteiger partial charge in [-0.05, 0) is 37.1 Å². The quantitative estimate of drug-likeness (QED) is 0.748. The summed E-state index contributed by atoms with van der Waals surface area (Å²) < 4.78 is 0. The molecule has 0 spiro atoms. The molecule has 3 aromatic rings. The van der Waals surface area contributed by atoms with Crippen molar-refractivity contribution in [2.75, 3.05) is 23.3 Å². The molecule has 1 unspecified atom stereocenters. The lowest BCUT2D eigenvalue weighted by atomic mass is 10.2. The van der Waals surface area contributed by atoms with Crippen LogP contribution in [0, 0.1) is 0 Å². The summed E-state index contributed by atoms with van der Waals surface area (Å²) in [5.41, 5.74) is 4.28. The highest BCUT2D eigenvalue weighted by molar-refractivity contribution is 8.00. The SMILES string of the molecule is c1cncc(-c2cc3c(cn2)SC(c2ccc(N4CCCC4)nc2)N3)c1. The van der Waals surface area contributed by atoms with Crippen molar-refractivity contribution in [2.24, 2.45) is 0 Å². The molecule has 2 aliphatic rings. The molecule has 0 aromatic carbocycles. The standard InChI is InChI=1S/C20H19N5S/c1-2-9-25(8-1)19-6-5-15(12-23-19)20-24-17-10-16(22-13-18(17)26-20)14-4-3-7-21-11-14/h3-7,10-13,20,24H,1-2,8-9H2. The third-order valence-corrected chi connectivity index (χ3v) is 6.06. The first-order chi connectivity index (χ1) is 12.9. The van der Waals surface area contributed by atoms with Crippen LogP contribution in [-0.4, -0.2) is 28.0 Å². The van der Waals surface area contributed by atoms with E-state index in [0.717, 1.165) is 35.9 Å². The average Bonchev–Trinajstić information content (AvgIpc) is 3.38. The van der Waals surface area contributed by atoms with E-state index in [2.05, 4.69) is 43.4 Å². The maximum atomic E-state index is 4.68. The number of aromatic nitrogens is 3. The van der Waals surface area contributed by atoms with Crippen LogP contribution in [0.2, 0.25) is 0 Å². The van der Waals surface area contributed by atoms with Crippen LogP contribution in [-0.2, 0) is 0 Å². The number of hydrogen-bond acceptors (Lipinski definition) is 6. The fraction of sp³-hybridized carbons (Fsp3) is 0.250. The fourth-order valence-corrected chi connectivity index (χ4v) is 4.53. The van der Waals surface area contributed by atoms with Crippen LogP contribution in [0.4, 0.5) is 11.5 Å².